The molecule has 75 heavy (non-hydrogen) atoms. The number of esters is 1. The molecule has 0 aromatic heterocycles. The van der Waals surface area contributed by atoms with Crippen LogP contribution < -0.4 is 32.3 Å². The third-order valence-electron chi connectivity index (χ3n) is 20.4. The van der Waals surface area contributed by atoms with Crippen molar-refractivity contribution in [1.82, 2.24) is 26.6 Å². The number of Topliss-reactive ketones (excluding diaryl/α,β-unsaturated/α-hetero) is 2. The number of likely N-dealkylation sites (N-methyl/N-ethyl adjacent to an activating group) is 1. The maximum absolute atomic E-state index is 16.2. The van der Waals surface area contributed by atoms with Gasteiger partial charge in [-0.05, 0) is 178 Å². The number of hydrogen-bond acceptors (Lipinski definition) is 13. The van der Waals surface area contributed by atoms with Crippen LogP contribution in [0.15, 0.2) is 112 Å². The van der Waals surface area contributed by atoms with Crippen LogP contribution in [0, 0.1) is 46.8 Å². The van der Waals surface area contributed by atoms with E-state index in [0.29, 0.717) is 62.6 Å². The molecule has 13 rings (SSSR count). The summed E-state index contributed by atoms with van der Waals surface area (Å²) in [4.78, 5) is 48.2. The monoisotopic (exact) mass is 1020 g/mol. The summed E-state index contributed by atoms with van der Waals surface area (Å²) in [6.45, 7) is 7.49. The lowest BCUT2D eigenvalue weighted by Crippen LogP contribution is -2.68. The highest BCUT2D eigenvalue weighted by Gasteiger charge is 2.86. The van der Waals surface area contributed by atoms with Gasteiger partial charge in [0.1, 0.15) is 11.9 Å². The van der Waals surface area contributed by atoms with Crippen LogP contribution in [-0.2, 0) is 20.7 Å². The van der Waals surface area contributed by atoms with Gasteiger partial charge in [0, 0.05) is 47.7 Å². The second kappa shape index (κ2) is 19.5. The van der Waals surface area contributed by atoms with E-state index in [2.05, 4.69) is 83.0 Å². The SMILES string of the molecule is CCNC12C=C3C=CCC4C5C=CC(C34)C1C(OC(=O)C13OC1(CC(CO)=C(C)CCC1=CCNC4=C1CCC(NC)N4)C(=O)c1cccc(c1C3=O)CC(C)(CC1=CNC(N)C=C1)CCC5)C1CC(O)CCC1C2. The molecule has 3 fully saturated rings. The van der Waals surface area contributed by atoms with Gasteiger partial charge in [-0.15, -0.1) is 0 Å². The summed E-state index contributed by atoms with van der Waals surface area (Å²) < 4.78 is 14.1. The predicted octanol–water partition coefficient (Wildman–Crippen LogP) is 7.17. The Balaban J connectivity index is 0.977. The quantitative estimate of drug-likeness (QED) is 0.0481. The molecule has 6 bridgehead atoms. The molecular weight excluding hydrogens is 941 g/mol. The van der Waals surface area contributed by atoms with Gasteiger partial charge < -0.3 is 52.0 Å². The number of rotatable bonds is 11. The van der Waals surface area contributed by atoms with Gasteiger partial charge in [0.05, 0.1) is 25.0 Å². The molecule has 400 valence electrons. The lowest BCUT2D eigenvalue weighted by molar-refractivity contribution is -0.179. The number of ether oxygens (including phenoxy) is 2. The fourth-order valence-corrected chi connectivity index (χ4v) is 16.8. The van der Waals surface area contributed by atoms with Crippen molar-refractivity contribution in [3.63, 3.8) is 0 Å². The van der Waals surface area contributed by atoms with Gasteiger partial charge in [0.25, 0.3) is 5.60 Å². The van der Waals surface area contributed by atoms with Crippen LogP contribution >= 0.6 is 0 Å². The van der Waals surface area contributed by atoms with Crippen molar-refractivity contribution in [2.75, 3.05) is 26.7 Å². The number of nitrogens with one attached hydrogen (secondary N) is 5. The Morgan fingerprint density at radius 1 is 1.04 bits per heavy atom. The van der Waals surface area contributed by atoms with Crippen molar-refractivity contribution in [1.29, 1.82) is 0 Å². The fourth-order valence-electron chi connectivity index (χ4n) is 16.8. The molecule has 15 unspecified atom stereocenters. The molecule has 12 aliphatic rings. The van der Waals surface area contributed by atoms with E-state index < -0.39 is 46.5 Å². The predicted molar refractivity (Wildman–Crippen MR) is 288 cm³/mol. The van der Waals surface area contributed by atoms with Crippen molar-refractivity contribution in [3.8, 4) is 0 Å². The van der Waals surface area contributed by atoms with Gasteiger partial charge >= 0.3 is 5.97 Å². The zero-order chi connectivity index (χ0) is 52.0. The number of carbonyl (C=O) groups excluding carboxylic acids is 3. The molecule has 1 aromatic carbocycles. The Labute approximate surface area is 443 Å². The summed E-state index contributed by atoms with van der Waals surface area (Å²) >= 11 is 0. The van der Waals surface area contributed by atoms with E-state index >= 15 is 14.4 Å². The topological polar surface area (TPSA) is 200 Å². The molecular formula is C62H80N6O7. The second-order valence-electron chi connectivity index (χ2n) is 24.8. The molecule has 1 spiro atoms. The molecule has 0 radical (unpaired) electrons. The first-order valence-corrected chi connectivity index (χ1v) is 28.6. The number of ketones is 2. The van der Waals surface area contributed by atoms with E-state index in [1.165, 1.54) is 16.7 Å². The molecule has 13 nitrogen and oxygen atoms in total. The number of dihydropyridines is 2. The number of hydrogen-bond donors (Lipinski definition) is 8. The lowest BCUT2D eigenvalue weighted by atomic mass is 9.47. The van der Waals surface area contributed by atoms with Gasteiger partial charge in [0.2, 0.25) is 5.78 Å². The molecule has 2 saturated carbocycles. The number of aliphatic hydroxyl groups is 2. The van der Waals surface area contributed by atoms with E-state index in [0.717, 1.165) is 80.3 Å². The summed E-state index contributed by atoms with van der Waals surface area (Å²) in [5.41, 5.74) is 8.83. The molecule has 6 aliphatic carbocycles. The maximum atomic E-state index is 16.2. The first kappa shape index (κ1) is 50.9. The molecule has 13 heteroatoms. The maximum Gasteiger partial charge on any atom is 0.350 e. The number of allylic oxidation sites excluding steroid dienone is 10. The van der Waals surface area contributed by atoms with Crippen molar-refractivity contribution in [3.05, 3.63) is 129 Å². The molecule has 0 amide bonds. The molecule has 6 aliphatic heterocycles. The summed E-state index contributed by atoms with van der Waals surface area (Å²) in [5.74, 6) is 0.0171. The van der Waals surface area contributed by atoms with Crippen molar-refractivity contribution >= 4 is 17.5 Å². The Morgan fingerprint density at radius 3 is 2.71 bits per heavy atom. The Kier molecular flexibility index (Phi) is 13.3. The minimum atomic E-state index is -2.28. The van der Waals surface area contributed by atoms with Gasteiger partial charge in [-0.25, -0.2) is 4.79 Å². The van der Waals surface area contributed by atoms with E-state index in [1.807, 2.05) is 38.4 Å². The average Bonchev–Trinajstić information content (AvgIpc) is 4.26. The fraction of sp³-hybridized carbons (Fsp3) is 0.597. The normalized spacial score (nSPS) is 40.5. The minimum Gasteiger partial charge on any atom is -0.459 e. The largest absolute Gasteiger partial charge is 0.459 e. The van der Waals surface area contributed by atoms with E-state index in [-0.39, 0.29) is 71.5 Å². The van der Waals surface area contributed by atoms with E-state index in [1.54, 1.807) is 6.07 Å². The third-order valence-corrected chi connectivity index (χ3v) is 20.4. The molecule has 6 heterocycles. The third kappa shape index (κ3) is 8.43. The summed E-state index contributed by atoms with van der Waals surface area (Å²) in [6, 6.07) is 5.55. The van der Waals surface area contributed by atoms with Crippen LogP contribution in [0.1, 0.15) is 137 Å². The first-order valence-electron chi connectivity index (χ1n) is 28.6. The Morgan fingerprint density at radius 2 is 1.91 bits per heavy atom. The highest BCUT2D eigenvalue weighted by Crippen LogP contribution is 2.64. The van der Waals surface area contributed by atoms with E-state index in [4.69, 9.17) is 15.2 Å². The summed E-state index contributed by atoms with van der Waals surface area (Å²) in [7, 11) is 1.96. The van der Waals surface area contributed by atoms with Gasteiger partial charge in [-0.1, -0.05) is 86.6 Å². The van der Waals surface area contributed by atoms with Gasteiger partial charge in [-0.3, -0.25) is 9.59 Å². The number of aliphatic hydroxyl groups excluding tert-OH is 2. The number of fused-ring (bicyclic) bond motifs is 6. The molecule has 9 N–H and O–H groups in total. The van der Waals surface area contributed by atoms with E-state index in [9.17, 15) is 10.2 Å². The van der Waals surface area contributed by atoms with Crippen molar-refractivity contribution in [2.45, 2.75) is 158 Å². The minimum absolute atomic E-state index is 0.0268. The number of carbonyl (C=O) groups is 3. The average molecular weight is 1020 g/mol. The molecule has 1 aromatic rings. The number of nitrogens with two attached hydrogens (primary N) is 1. The Bertz CT molecular complexity index is 2790. The van der Waals surface area contributed by atoms with Gasteiger partial charge in [0.15, 0.2) is 11.4 Å². The zero-order valence-corrected chi connectivity index (χ0v) is 44.5. The first-order chi connectivity index (χ1) is 36.2. The highest BCUT2D eigenvalue weighted by molar-refractivity contribution is 6.33. The van der Waals surface area contributed by atoms with Crippen LogP contribution in [0.25, 0.3) is 0 Å². The zero-order valence-electron chi connectivity index (χ0n) is 44.5. The van der Waals surface area contributed by atoms with Crippen LogP contribution in [0.3, 0.4) is 0 Å². The van der Waals surface area contributed by atoms with Crippen LogP contribution in [-0.4, -0.2) is 95.8 Å². The van der Waals surface area contributed by atoms with Crippen LogP contribution in [0.2, 0.25) is 0 Å². The molecule has 1 saturated heterocycles. The van der Waals surface area contributed by atoms with Crippen LogP contribution in [0.5, 0.6) is 0 Å². The van der Waals surface area contributed by atoms with Crippen LogP contribution in [0.4, 0.5) is 0 Å². The van der Waals surface area contributed by atoms with Crippen molar-refractivity contribution in [2.24, 2.45) is 52.6 Å². The van der Waals surface area contributed by atoms with Gasteiger partial charge in [-0.2, -0.15) is 0 Å². The smallest absolute Gasteiger partial charge is 0.350 e. The summed E-state index contributed by atoms with van der Waals surface area (Å²) in [6.07, 6.45) is 30.1. The summed E-state index contributed by atoms with van der Waals surface area (Å²) in [5, 5.41) is 40.6. The highest BCUT2D eigenvalue weighted by atomic mass is 16.7. The molecule has 15 atom stereocenters. The van der Waals surface area contributed by atoms with Crippen molar-refractivity contribution < 1.29 is 34.1 Å². The standard InChI is InChI=1S/C62H80N6O7/c1-5-67-60-30-39-17-19-43(70)27-48(39)54-53(60)46-20-18-37(44-12-6-10-41(31-60)51(44)46)11-8-25-59(3,28-36-15-22-49(63)66-33-36)29-40-9-7-13-47-52(40)56(72)62(58(73)74-54)61(75-62,55(47)71)32-42(34-69)35(2)14-16-38-24-26-65-57-45(38)21-23-50(64-4)68-57/h6-7,9-10,13,15,18,20,22,24,31,33,37,39,43-44,46,48-51,53-54,64-70H,5,8,11-12,14,16-17,19,21,23,25-30,32,34,63H2,1-4H3. The lowest BCUT2D eigenvalue weighted by Gasteiger charge is -2.61. The Hall–Kier alpha value is -4.89. The number of benzene rings is 1. The number of epoxide rings is 1. The second-order valence-corrected chi connectivity index (χ2v) is 24.8.